The zero-order valence-electron chi connectivity index (χ0n) is 11.6. The Balaban J connectivity index is 2.11. The van der Waals surface area contributed by atoms with Crippen LogP contribution < -0.4 is 10.6 Å². The van der Waals surface area contributed by atoms with Gasteiger partial charge in [0, 0.05) is 23.8 Å². The average molecular weight is 285 g/mol. The number of carbonyl (C=O) groups excluding carboxylic acids is 1. The third-order valence-electron chi connectivity index (χ3n) is 2.20. The van der Waals surface area contributed by atoms with Gasteiger partial charge in [-0.25, -0.2) is 4.79 Å². The van der Waals surface area contributed by atoms with Gasteiger partial charge in [0.2, 0.25) is 0 Å². The summed E-state index contributed by atoms with van der Waals surface area (Å²) in [5, 5.41) is 6.67. The van der Waals surface area contributed by atoms with E-state index >= 15 is 0 Å². The molecule has 0 fully saturated rings. The SMILES string of the molecule is CC(C)(C)OC(=O)NCCCNc1ccc(Cl)cc1. The fraction of sp³-hybridized carbons (Fsp3) is 0.500. The number of ether oxygens (including phenoxy) is 1. The predicted molar refractivity (Wildman–Crippen MR) is 78.8 cm³/mol. The number of alkyl carbamates (subject to hydrolysis) is 1. The van der Waals surface area contributed by atoms with Crippen molar-refractivity contribution in [2.75, 3.05) is 18.4 Å². The third kappa shape index (κ3) is 7.57. The van der Waals surface area contributed by atoms with Crippen molar-refractivity contribution in [2.24, 2.45) is 0 Å². The van der Waals surface area contributed by atoms with Gasteiger partial charge in [-0.1, -0.05) is 11.6 Å². The number of benzene rings is 1. The van der Waals surface area contributed by atoms with E-state index in [-0.39, 0.29) is 6.09 Å². The Morgan fingerprint density at radius 3 is 2.42 bits per heavy atom. The Labute approximate surface area is 119 Å². The molecule has 0 aliphatic rings. The minimum atomic E-state index is -0.453. The molecule has 0 bridgehead atoms. The van der Waals surface area contributed by atoms with Crippen LogP contribution in [0.4, 0.5) is 10.5 Å². The second kappa shape index (κ2) is 7.24. The lowest BCUT2D eigenvalue weighted by Gasteiger charge is -2.19. The summed E-state index contributed by atoms with van der Waals surface area (Å²) in [6.07, 6.45) is 0.445. The van der Waals surface area contributed by atoms with Crippen LogP contribution in [0, 0.1) is 0 Å². The number of rotatable bonds is 5. The monoisotopic (exact) mass is 284 g/mol. The minimum Gasteiger partial charge on any atom is -0.444 e. The summed E-state index contributed by atoms with van der Waals surface area (Å²) in [5.74, 6) is 0. The highest BCUT2D eigenvalue weighted by atomic mass is 35.5. The number of nitrogens with one attached hydrogen (secondary N) is 2. The number of amides is 1. The van der Waals surface area contributed by atoms with Crippen molar-refractivity contribution in [3.05, 3.63) is 29.3 Å². The Morgan fingerprint density at radius 1 is 1.21 bits per heavy atom. The lowest BCUT2D eigenvalue weighted by molar-refractivity contribution is 0.0528. The van der Waals surface area contributed by atoms with E-state index in [0.717, 1.165) is 23.7 Å². The number of halogens is 1. The molecule has 1 aromatic carbocycles. The highest BCUT2D eigenvalue weighted by molar-refractivity contribution is 6.30. The average Bonchev–Trinajstić information content (AvgIpc) is 2.29. The Kier molecular flexibility index (Phi) is 5.96. The zero-order valence-corrected chi connectivity index (χ0v) is 12.4. The van der Waals surface area contributed by atoms with Crippen molar-refractivity contribution in [3.63, 3.8) is 0 Å². The molecule has 1 aromatic rings. The molecule has 2 N–H and O–H groups in total. The van der Waals surface area contributed by atoms with Crippen LogP contribution in [0.25, 0.3) is 0 Å². The van der Waals surface area contributed by atoms with E-state index in [9.17, 15) is 4.79 Å². The van der Waals surface area contributed by atoms with Gasteiger partial charge >= 0.3 is 6.09 Å². The molecule has 0 unspecified atom stereocenters. The molecule has 1 amide bonds. The van der Waals surface area contributed by atoms with E-state index in [2.05, 4.69) is 10.6 Å². The van der Waals surface area contributed by atoms with E-state index in [4.69, 9.17) is 16.3 Å². The standard InChI is InChI=1S/C14H21ClN2O2/c1-14(2,3)19-13(18)17-10-4-9-16-12-7-5-11(15)6-8-12/h5-8,16H,4,9-10H2,1-3H3,(H,17,18). The van der Waals surface area contributed by atoms with Crippen molar-refractivity contribution in [1.82, 2.24) is 5.32 Å². The molecule has 0 saturated heterocycles. The lowest BCUT2D eigenvalue weighted by atomic mass is 10.2. The zero-order chi connectivity index (χ0) is 14.3. The smallest absolute Gasteiger partial charge is 0.407 e. The van der Waals surface area contributed by atoms with Gasteiger partial charge in [0.15, 0.2) is 0 Å². The first-order chi connectivity index (χ1) is 8.87. The first kappa shape index (κ1) is 15.6. The molecule has 0 radical (unpaired) electrons. The number of carbonyl (C=O) groups is 1. The van der Waals surface area contributed by atoms with Gasteiger partial charge < -0.3 is 15.4 Å². The highest BCUT2D eigenvalue weighted by Gasteiger charge is 2.15. The molecule has 0 atom stereocenters. The van der Waals surface area contributed by atoms with Crippen LogP contribution in [0.2, 0.25) is 5.02 Å². The first-order valence-corrected chi connectivity index (χ1v) is 6.71. The van der Waals surface area contributed by atoms with Gasteiger partial charge in [0.1, 0.15) is 5.60 Å². The van der Waals surface area contributed by atoms with Crippen LogP contribution in [-0.4, -0.2) is 24.8 Å². The van der Waals surface area contributed by atoms with E-state index in [0.29, 0.717) is 6.54 Å². The molecule has 19 heavy (non-hydrogen) atoms. The Morgan fingerprint density at radius 2 is 1.84 bits per heavy atom. The van der Waals surface area contributed by atoms with Crippen LogP contribution in [0.5, 0.6) is 0 Å². The number of hydrogen-bond donors (Lipinski definition) is 2. The number of hydrogen-bond acceptors (Lipinski definition) is 3. The third-order valence-corrected chi connectivity index (χ3v) is 2.45. The Hall–Kier alpha value is -1.42. The molecule has 0 heterocycles. The second-order valence-corrected chi connectivity index (χ2v) is 5.65. The fourth-order valence-corrected chi connectivity index (χ4v) is 1.52. The van der Waals surface area contributed by atoms with Crippen LogP contribution in [0.3, 0.4) is 0 Å². The predicted octanol–water partition coefficient (Wildman–Crippen LogP) is 3.67. The molecule has 0 aromatic heterocycles. The van der Waals surface area contributed by atoms with Crippen LogP contribution in [0.1, 0.15) is 27.2 Å². The summed E-state index contributed by atoms with van der Waals surface area (Å²) < 4.78 is 5.13. The topological polar surface area (TPSA) is 50.4 Å². The van der Waals surface area contributed by atoms with Crippen molar-refractivity contribution in [3.8, 4) is 0 Å². The molecule has 0 saturated carbocycles. The summed E-state index contributed by atoms with van der Waals surface area (Å²) in [6, 6.07) is 7.51. The molecule has 0 aliphatic heterocycles. The maximum Gasteiger partial charge on any atom is 0.407 e. The summed E-state index contributed by atoms with van der Waals surface area (Å²) in [7, 11) is 0. The molecule has 106 valence electrons. The number of anilines is 1. The van der Waals surface area contributed by atoms with Gasteiger partial charge in [-0.05, 0) is 51.5 Å². The summed E-state index contributed by atoms with van der Waals surface area (Å²) >= 11 is 5.79. The quantitative estimate of drug-likeness (QED) is 0.811. The van der Waals surface area contributed by atoms with Gasteiger partial charge in [-0.2, -0.15) is 0 Å². The minimum absolute atomic E-state index is 0.376. The lowest BCUT2D eigenvalue weighted by Crippen LogP contribution is -2.33. The van der Waals surface area contributed by atoms with Gasteiger partial charge in [0.25, 0.3) is 0 Å². The van der Waals surface area contributed by atoms with Crippen LogP contribution in [-0.2, 0) is 4.74 Å². The largest absolute Gasteiger partial charge is 0.444 e. The maximum atomic E-state index is 11.4. The summed E-state index contributed by atoms with van der Waals surface area (Å²) in [4.78, 5) is 11.4. The molecule has 0 aliphatic carbocycles. The van der Waals surface area contributed by atoms with Gasteiger partial charge in [-0.15, -0.1) is 0 Å². The van der Waals surface area contributed by atoms with E-state index in [1.54, 1.807) is 0 Å². The molecule has 0 spiro atoms. The van der Waals surface area contributed by atoms with Crippen molar-refractivity contribution < 1.29 is 9.53 Å². The normalized spacial score (nSPS) is 10.9. The van der Waals surface area contributed by atoms with E-state index in [1.807, 2.05) is 45.0 Å². The Bertz CT molecular complexity index is 399. The van der Waals surface area contributed by atoms with Crippen LogP contribution in [0.15, 0.2) is 24.3 Å². The second-order valence-electron chi connectivity index (χ2n) is 5.22. The highest BCUT2D eigenvalue weighted by Crippen LogP contribution is 2.13. The van der Waals surface area contributed by atoms with E-state index in [1.165, 1.54) is 0 Å². The van der Waals surface area contributed by atoms with Crippen molar-refractivity contribution in [1.29, 1.82) is 0 Å². The summed E-state index contributed by atoms with van der Waals surface area (Å²) in [6.45, 7) is 6.88. The summed E-state index contributed by atoms with van der Waals surface area (Å²) in [5.41, 5.74) is 0.563. The first-order valence-electron chi connectivity index (χ1n) is 6.33. The van der Waals surface area contributed by atoms with E-state index < -0.39 is 5.60 Å². The van der Waals surface area contributed by atoms with Crippen molar-refractivity contribution >= 4 is 23.4 Å². The van der Waals surface area contributed by atoms with Crippen LogP contribution >= 0.6 is 11.6 Å². The van der Waals surface area contributed by atoms with Gasteiger partial charge in [-0.3, -0.25) is 0 Å². The van der Waals surface area contributed by atoms with Crippen molar-refractivity contribution in [2.45, 2.75) is 32.8 Å². The molecular weight excluding hydrogens is 264 g/mol. The maximum absolute atomic E-state index is 11.4. The fourth-order valence-electron chi connectivity index (χ4n) is 1.39. The molecule has 5 heteroatoms. The molecule has 4 nitrogen and oxygen atoms in total. The van der Waals surface area contributed by atoms with Gasteiger partial charge in [0.05, 0.1) is 0 Å². The molecular formula is C14H21ClN2O2. The molecule has 1 rings (SSSR count).